The van der Waals surface area contributed by atoms with Crippen LogP contribution in [0.25, 0.3) is 0 Å². The molecule has 1 aliphatic carbocycles. The average Bonchev–Trinajstić information content (AvgIpc) is 3.13. The minimum absolute atomic E-state index is 0.0355. The molecule has 2 aromatic heterocycles. The van der Waals surface area contributed by atoms with E-state index in [2.05, 4.69) is 0 Å². The van der Waals surface area contributed by atoms with E-state index in [1.54, 1.807) is 27.4 Å². The minimum atomic E-state index is -0.0432. The Balaban J connectivity index is 1.42. The van der Waals surface area contributed by atoms with Gasteiger partial charge in [-0.3, -0.25) is 9.59 Å². The van der Waals surface area contributed by atoms with Crippen molar-refractivity contribution in [2.75, 3.05) is 19.7 Å². The summed E-state index contributed by atoms with van der Waals surface area (Å²) < 4.78 is 11.2. The van der Waals surface area contributed by atoms with Gasteiger partial charge in [-0.25, -0.2) is 0 Å². The second-order valence-electron chi connectivity index (χ2n) is 7.50. The molecule has 2 amide bonds. The fraction of sp³-hybridized carbons (Fsp3) is 0.524. The standard InChI is InChI=1S/C21H26N2O4S/c24-20(12-19-6-3-11-28-19)23(16-7-8-16)15-21(25)22(13-17-4-1-9-26-17)14-18-5-2-10-27-18/h1,3-4,6,9,11,16,18H,2,5,7-8,10,12-15H2. The molecule has 0 spiro atoms. The van der Waals surface area contributed by atoms with Gasteiger partial charge in [-0.2, -0.15) is 0 Å². The Kier molecular flexibility index (Phi) is 6.12. The zero-order valence-electron chi connectivity index (χ0n) is 15.9. The molecule has 1 atom stereocenters. The predicted molar refractivity (Wildman–Crippen MR) is 106 cm³/mol. The minimum Gasteiger partial charge on any atom is -0.467 e. The van der Waals surface area contributed by atoms with Crippen LogP contribution in [-0.2, 0) is 27.3 Å². The number of ether oxygens (including phenoxy) is 1. The molecule has 1 saturated carbocycles. The Hall–Kier alpha value is -2.12. The van der Waals surface area contributed by atoms with Gasteiger partial charge >= 0.3 is 0 Å². The molecule has 0 bridgehead atoms. The van der Waals surface area contributed by atoms with Gasteiger partial charge in [0.2, 0.25) is 11.8 Å². The number of thiophene rings is 1. The van der Waals surface area contributed by atoms with Crippen LogP contribution in [0.3, 0.4) is 0 Å². The van der Waals surface area contributed by atoms with Crippen LogP contribution in [0.1, 0.15) is 36.3 Å². The molecule has 28 heavy (non-hydrogen) atoms. The number of carbonyl (C=O) groups excluding carboxylic acids is 2. The van der Waals surface area contributed by atoms with Crippen LogP contribution in [0.15, 0.2) is 40.3 Å². The Morgan fingerprint density at radius 1 is 1.14 bits per heavy atom. The van der Waals surface area contributed by atoms with E-state index < -0.39 is 0 Å². The molecule has 1 unspecified atom stereocenters. The van der Waals surface area contributed by atoms with Crippen molar-refractivity contribution in [1.82, 2.24) is 9.80 Å². The van der Waals surface area contributed by atoms with Crippen LogP contribution in [-0.4, -0.2) is 53.5 Å². The van der Waals surface area contributed by atoms with E-state index in [1.807, 2.05) is 29.6 Å². The predicted octanol–water partition coefficient (Wildman–Crippen LogP) is 3.08. The van der Waals surface area contributed by atoms with Crippen molar-refractivity contribution in [3.05, 3.63) is 46.5 Å². The fourth-order valence-corrected chi connectivity index (χ4v) is 4.29. The largest absolute Gasteiger partial charge is 0.467 e. The summed E-state index contributed by atoms with van der Waals surface area (Å²) in [7, 11) is 0. The van der Waals surface area contributed by atoms with Gasteiger partial charge in [0.05, 0.1) is 25.3 Å². The number of carbonyl (C=O) groups is 2. The normalized spacial score (nSPS) is 18.9. The first kappa shape index (κ1) is 19.2. The van der Waals surface area contributed by atoms with E-state index in [1.165, 1.54) is 0 Å². The lowest BCUT2D eigenvalue weighted by Crippen LogP contribution is -2.46. The van der Waals surface area contributed by atoms with Gasteiger partial charge in [0.15, 0.2) is 0 Å². The second kappa shape index (κ2) is 8.92. The van der Waals surface area contributed by atoms with Crippen molar-refractivity contribution in [2.45, 2.75) is 50.8 Å². The van der Waals surface area contributed by atoms with E-state index >= 15 is 0 Å². The zero-order valence-corrected chi connectivity index (χ0v) is 16.7. The summed E-state index contributed by atoms with van der Waals surface area (Å²) in [6.07, 6.45) is 6.00. The molecule has 1 saturated heterocycles. The van der Waals surface area contributed by atoms with Crippen molar-refractivity contribution in [3.63, 3.8) is 0 Å². The first-order valence-electron chi connectivity index (χ1n) is 9.92. The maximum absolute atomic E-state index is 13.1. The van der Waals surface area contributed by atoms with Crippen molar-refractivity contribution in [3.8, 4) is 0 Å². The van der Waals surface area contributed by atoms with E-state index in [0.29, 0.717) is 19.5 Å². The molecule has 2 aromatic rings. The van der Waals surface area contributed by atoms with Crippen molar-refractivity contribution in [1.29, 1.82) is 0 Å². The van der Waals surface area contributed by atoms with Crippen LogP contribution in [0.2, 0.25) is 0 Å². The third-order valence-electron chi connectivity index (χ3n) is 5.25. The fourth-order valence-electron chi connectivity index (χ4n) is 3.60. The van der Waals surface area contributed by atoms with E-state index in [0.717, 1.165) is 42.9 Å². The molecule has 3 heterocycles. The monoisotopic (exact) mass is 402 g/mol. The highest BCUT2D eigenvalue weighted by Gasteiger charge is 2.35. The Morgan fingerprint density at radius 2 is 2.04 bits per heavy atom. The molecule has 4 rings (SSSR count). The number of hydrogen-bond acceptors (Lipinski definition) is 5. The zero-order chi connectivity index (χ0) is 19.3. The Morgan fingerprint density at radius 3 is 2.68 bits per heavy atom. The summed E-state index contributed by atoms with van der Waals surface area (Å²) in [4.78, 5) is 30.6. The molecule has 150 valence electrons. The van der Waals surface area contributed by atoms with Gasteiger partial charge in [0.25, 0.3) is 0 Å². The van der Waals surface area contributed by atoms with Crippen LogP contribution in [0.5, 0.6) is 0 Å². The lowest BCUT2D eigenvalue weighted by Gasteiger charge is -2.28. The quantitative estimate of drug-likeness (QED) is 0.647. The van der Waals surface area contributed by atoms with Crippen molar-refractivity contribution in [2.24, 2.45) is 0 Å². The molecule has 6 nitrogen and oxygen atoms in total. The topological polar surface area (TPSA) is 63.0 Å². The third kappa shape index (κ3) is 5.02. The average molecular weight is 403 g/mol. The molecule has 7 heteroatoms. The molecule has 0 N–H and O–H groups in total. The Bertz CT molecular complexity index is 764. The lowest BCUT2D eigenvalue weighted by molar-refractivity contribution is -0.142. The van der Waals surface area contributed by atoms with Crippen LogP contribution in [0.4, 0.5) is 0 Å². The summed E-state index contributed by atoms with van der Waals surface area (Å²) >= 11 is 1.58. The SMILES string of the molecule is O=C(CN(C(=O)Cc1cccs1)C1CC1)N(Cc1ccco1)CC1CCCO1. The molecule has 0 aromatic carbocycles. The van der Waals surface area contributed by atoms with Crippen molar-refractivity contribution < 1.29 is 18.7 Å². The second-order valence-corrected chi connectivity index (χ2v) is 8.53. The number of hydrogen-bond donors (Lipinski definition) is 0. The maximum Gasteiger partial charge on any atom is 0.242 e. The smallest absolute Gasteiger partial charge is 0.242 e. The van der Waals surface area contributed by atoms with Gasteiger partial charge in [-0.05, 0) is 49.3 Å². The number of nitrogens with zero attached hydrogens (tertiary/aromatic N) is 2. The summed E-state index contributed by atoms with van der Waals surface area (Å²) in [6.45, 7) is 1.82. The molecular formula is C21H26N2O4S. The third-order valence-corrected chi connectivity index (χ3v) is 6.12. The number of furan rings is 1. The van der Waals surface area contributed by atoms with Crippen LogP contribution >= 0.6 is 11.3 Å². The van der Waals surface area contributed by atoms with E-state index in [9.17, 15) is 9.59 Å². The number of amides is 2. The van der Waals surface area contributed by atoms with Crippen molar-refractivity contribution >= 4 is 23.2 Å². The molecule has 1 aliphatic heterocycles. The van der Waals surface area contributed by atoms with Gasteiger partial charge in [-0.1, -0.05) is 6.07 Å². The Labute approximate surface area is 169 Å². The summed E-state index contributed by atoms with van der Waals surface area (Å²) in [5, 5.41) is 1.97. The summed E-state index contributed by atoms with van der Waals surface area (Å²) in [5.74, 6) is 0.737. The number of rotatable bonds is 9. The maximum atomic E-state index is 13.1. The molecule has 2 fully saturated rings. The van der Waals surface area contributed by atoms with Gasteiger partial charge < -0.3 is 19.0 Å². The lowest BCUT2D eigenvalue weighted by atomic mass is 10.2. The first-order chi connectivity index (χ1) is 13.7. The van der Waals surface area contributed by atoms with Gasteiger partial charge in [0, 0.05) is 24.1 Å². The van der Waals surface area contributed by atoms with Crippen LogP contribution < -0.4 is 0 Å². The first-order valence-corrected chi connectivity index (χ1v) is 10.8. The highest BCUT2D eigenvalue weighted by atomic mass is 32.1. The van der Waals surface area contributed by atoms with E-state index in [-0.39, 0.29) is 30.5 Å². The van der Waals surface area contributed by atoms with E-state index in [4.69, 9.17) is 9.15 Å². The van der Waals surface area contributed by atoms with Gasteiger partial charge in [-0.15, -0.1) is 11.3 Å². The molecule has 0 radical (unpaired) electrons. The highest BCUT2D eigenvalue weighted by Crippen LogP contribution is 2.28. The molecular weight excluding hydrogens is 376 g/mol. The van der Waals surface area contributed by atoms with Gasteiger partial charge in [0.1, 0.15) is 12.3 Å². The molecule has 2 aliphatic rings. The van der Waals surface area contributed by atoms with Crippen LogP contribution in [0, 0.1) is 0 Å². The summed E-state index contributed by atoms with van der Waals surface area (Å²) in [6, 6.07) is 7.81. The highest BCUT2D eigenvalue weighted by molar-refractivity contribution is 7.10. The summed E-state index contributed by atoms with van der Waals surface area (Å²) in [5.41, 5.74) is 0.